The predicted octanol–water partition coefficient (Wildman–Crippen LogP) is 3.93. The number of amides is 1. The first-order chi connectivity index (χ1) is 15.1. The van der Waals surface area contributed by atoms with Gasteiger partial charge in [-0.1, -0.05) is 6.07 Å². The van der Waals surface area contributed by atoms with Crippen LogP contribution < -0.4 is 5.32 Å². The van der Waals surface area contributed by atoms with Gasteiger partial charge in [-0.15, -0.1) is 0 Å². The number of hydrogen-bond donors (Lipinski definition) is 2. The van der Waals surface area contributed by atoms with E-state index in [-0.39, 0.29) is 5.56 Å². The van der Waals surface area contributed by atoms with E-state index >= 15 is 0 Å². The lowest BCUT2D eigenvalue weighted by atomic mass is 10.0. The molecule has 1 amide bonds. The third kappa shape index (κ3) is 3.50. The Labute approximate surface area is 174 Å². The van der Waals surface area contributed by atoms with Crippen LogP contribution in [0.5, 0.6) is 0 Å². The maximum absolute atomic E-state index is 12.5. The third-order valence-corrected chi connectivity index (χ3v) is 5.02. The number of carbonyl (C=O) groups excluding carboxylic acids is 1. The number of nitrogens with one attached hydrogen (secondary N) is 2. The molecule has 5 heterocycles. The number of halogens is 2. The SMILES string of the molecule is O=C(NCC(F)F)c1cnn2ccc(-c3c[nH]c4ncc(-c5cccnc5)cc34)cc12. The third-order valence-electron chi connectivity index (χ3n) is 5.02. The molecular weight excluding hydrogens is 402 g/mol. The molecule has 0 aromatic carbocycles. The van der Waals surface area contributed by atoms with Crippen LogP contribution >= 0.6 is 0 Å². The fourth-order valence-electron chi connectivity index (χ4n) is 3.52. The van der Waals surface area contributed by atoms with Crippen molar-refractivity contribution in [2.24, 2.45) is 0 Å². The lowest BCUT2D eigenvalue weighted by Gasteiger charge is -2.05. The predicted molar refractivity (Wildman–Crippen MR) is 112 cm³/mol. The van der Waals surface area contributed by atoms with Crippen molar-refractivity contribution in [3.8, 4) is 22.3 Å². The van der Waals surface area contributed by atoms with Crippen molar-refractivity contribution in [3.63, 3.8) is 0 Å². The van der Waals surface area contributed by atoms with Crippen LogP contribution in [0.4, 0.5) is 8.78 Å². The van der Waals surface area contributed by atoms with Crippen molar-refractivity contribution in [2.45, 2.75) is 6.43 Å². The van der Waals surface area contributed by atoms with E-state index in [0.717, 1.165) is 33.3 Å². The molecule has 0 aliphatic heterocycles. The maximum Gasteiger partial charge on any atom is 0.255 e. The Kier molecular flexibility index (Phi) is 4.62. The largest absolute Gasteiger partial charge is 0.346 e. The second-order valence-corrected chi connectivity index (χ2v) is 6.97. The van der Waals surface area contributed by atoms with Crippen LogP contribution in [0, 0.1) is 0 Å². The summed E-state index contributed by atoms with van der Waals surface area (Å²) in [7, 11) is 0. The number of alkyl halides is 2. The van der Waals surface area contributed by atoms with Gasteiger partial charge in [-0.25, -0.2) is 18.3 Å². The van der Waals surface area contributed by atoms with Crippen LogP contribution in [0.25, 0.3) is 38.8 Å². The van der Waals surface area contributed by atoms with Gasteiger partial charge in [0.2, 0.25) is 0 Å². The molecule has 154 valence electrons. The van der Waals surface area contributed by atoms with Gasteiger partial charge in [-0.2, -0.15) is 5.10 Å². The Morgan fingerprint density at radius 3 is 2.84 bits per heavy atom. The molecule has 0 atom stereocenters. The topological polar surface area (TPSA) is 88.0 Å². The summed E-state index contributed by atoms with van der Waals surface area (Å²) in [5, 5.41) is 7.28. The van der Waals surface area contributed by atoms with Crippen molar-refractivity contribution >= 4 is 22.5 Å². The highest BCUT2D eigenvalue weighted by Crippen LogP contribution is 2.31. The van der Waals surface area contributed by atoms with Crippen LogP contribution in [0.15, 0.2) is 67.5 Å². The molecule has 0 fully saturated rings. The molecule has 0 unspecified atom stereocenters. The quantitative estimate of drug-likeness (QED) is 0.453. The number of pyridine rings is 3. The van der Waals surface area contributed by atoms with Crippen LogP contribution in [0.1, 0.15) is 10.4 Å². The molecule has 0 radical (unpaired) electrons. The molecule has 0 aliphatic carbocycles. The summed E-state index contributed by atoms with van der Waals surface area (Å²) in [5.74, 6) is -0.591. The molecule has 0 bridgehead atoms. The van der Waals surface area contributed by atoms with Crippen molar-refractivity contribution < 1.29 is 13.6 Å². The van der Waals surface area contributed by atoms with Gasteiger partial charge in [0.15, 0.2) is 0 Å². The zero-order valence-corrected chi connectivity index (χ0v) is 16.1. The number of carbonyl (C=O) groups is 1. The molecule has 7 nitrogen and oxygen atoms in total. The number of rotatable bonds is 5. The van der Waals surface area contributed by atoms with E-state index in [1.165, 1.54) is 10.7 Å². The Balaban J connectivity index is 1.57. The maximum atomic E-state index is 12.5. The Bertz CT molecular complexity index is 1390. The normalized spacial score (nSPS) is 11.5. The molecular formula is C22H16F2N6O. The van der Waals surface area contributed by atoms with E-state index in [1.807, 2.05) is 36.5 Å². The number of fused-ring (bicyclic) bond motifs is 2. The summed E-state index contributed by atoms with van der Waals surface area (Å²) in [4.78, 5) is 24.1. The van der Waals surface area contributed by atoms with Crippen molar-refractivity contribution in [1.29, 1.82) is 0 Å². The molecule has 0 saturated heterocycles. The van der Waals surface area contributed by atoms with Gasteiger partial charge in [0.05, 0.1) is 23.8 Å². The number of aromatic nitrogens is 5. The van der Waals surface area contributed by atoms with Crippen LogP contribution in [0.2, 0.25) is 0 Å². The van der Waals surface area contributed by atoms with E-state index < -0.39 is 18.9 Å². The molecule has 31 heavy (non-hydrogen) atoms. The lowest BCUT2D eigenvalue weighted by Crippen LogP contribution is -2.28. The Morgan fingerprint density at radius 2 is 2.03 bits per heavy atom. The Hall–Kier alpha value is -4.14. The summed E-state index contributed by atoms with van der Waals surface area (Å²) in [5.41, 5.74) is 5.10. The van der Waals surface area contributed by atoms with Crippen molar-refractivity contribution in [2.75, 3.05) is 6.54 Å². The minimum Gasteiger partial charge on any atom is -0.346 e. The number of hydrogen-bond acceptors (Lipinski definition) is 4. The van der Waals surface area contributed by atoms with Crippen molar-refractivity contribution in [3.05, 3.63) is 73.1 Å². The van der Waals surface area contributed by atoms with Gasteiger partial charge in [0, 0.05) is 53.1 Å². The highest BCUT2D eigenvalue weighted by molar-refractivity contribution is 6.02. The summed E-state index contributed by atoms with van der Waals surface area (Å²) >= 11 is 0. The number of H-pyrrole nitrogens is 1. The lowest BCUT2D eigenvalue weighted by molar-refractivity contribution is 0.0893. The number of nitrogens with zero attached hydrogens (tertiary/aromatic N) is 4. The number of aromatic amines is 1. The average Bonchev–Trinajstić information content (AvgIpc) is 3.41. The van der Waals surface area contributed by atoms with Gasteiger partial charge < -0.3 is 10.3 Å². The molecule has 0 aliphatic rings. The minimum atomic E-state index is -2.62. The highest BCUT2D eigenvalue weighted by atomic mass is 19.3. The van der Waals surface area contributed by atoms with E-state index in [2.05, 4.69) is 25.4 Å². The molecule has 2 N–H and O–H groups in total. The monoisotopic (exact) mass is 418 g/mol. The second kappa shape index (κ2) is 7.60. The van der Waals surface area contributed by atoms with Gasteiger partial charge in [0.25, 0.3) is 12.3 Å². The average molecular weight is 418 g/mol. The van der Waals surface area contributed by atoms with Crippen LogP contribution in [-0.4, -0.2) is 43.4 Å². The molecule has 5 aromatic heterocycles. The van der Waals surface area contributed by atoms with Gasteiger partial charge in [-0.05, 0) is 29.8 Å². The first kappa shape index (κ1) is 18.9. The van der Waals surface area contributed by atoms with Gasteiger partial charge in [0.1, 0.15) is 5.65 Å². The summed E-state index contributed by atoms with van der Waals surface area (Å²) in [6.45, 7) is -0.707. The van der Waals surface area contributed by atoms with E-state index in [4.69, 9.17) is 0 Å². The van der Waals surface area contributed by atoms with Crippen molar-refractivity contribution in [1.82, 2.24) is 29.9 Å². The molecule has 0 spiro atoms. The van der Waals surface area contributed by atoms with E-state index in [0.29, 0.717) is 5.52 Å². The zero-order chi connectivity index (χ0) is 21.4. The summed E-state index contributed by atoms with van der Waals surface area (Å²) in [6.07, 6.45) is 7.61. The second-order valence-electron chi connectivity index (χ2n) is 6.97. The first-order valence-electron chi connectivity index (χ1n) is 9.52. The van der Waals surface area contributed by atoms with Crippen LogP contribution in [0.3, 0.4) is 0 Å². The highest BCUT2D eigenvalue weighted by Gasteiger charge is 2.16. The standard InChI is InChI=1S/C22H16F2N6O/c23-20(24)12-28-22(31)18-11-29-30-5-3-13(7-19(18)30)17-10-27-21-16(17)6-15(9-26-21)14-2-1-4-25-8-14/h1-11,20H,12H2,(H,26,27)(H,28,31). The van der Waals surface area contributed by atoms with Crippen LogP contribution in [-0.2, 0) is 0 Å². The molecule has 5 aromatic rings. The summed E-state index contributed by atoms with van der Waals surface area (Å²) < 4.78 is 26.4. The Morgan fingerprint density at radius 1 is 1.13 bits per heavy atom. The molecule has 5 rings (SSSR count). The van der Waals surface area contributed by atoms with E-state index in [1.54, 1.807) is 24.8 Å². The fourth-order valence-corrected chi connectivity index (χ4v) is 3.52. The fraction of sp³-hybridized carbons (Fsp3) is 0.0909. The van der Waals surface area contributed by atoms with Gasteiger partial charge in [-0.3, -0.25) is 9.78 Å². The first-order valence-corrected chi connectivity index (χ1v) is 9.52. The van der Waals surface area contributed by atoms with Gasteiger partial charge >= 0.3 is 0 Å². The summed E-state index contributed by atoms with van der Waals surface area (Å²) in [6, 6.07) is 9.54. The zero-order valence-electron chi connectivity index (χ0n) is 16.1. The minimum absolute atomic E-state index is 0.233. The molecule has 0 saturated carbocycles. The van der Waals surface area contributed by atoms with E-state index in [9.17, 15) is 13.6 Å². The molecule has 9 heteroatoms. The smallest absolute Gasteiger partial charge is 0.255 e.